The standard InChI is InChI=1S/C12H17BrN2O3/c1-15-5-3-9(7-11(15)16)12(17)14-10(8-13)4-6-18-2/h3,5,7,10H,4,6,8H2,1-2H3,(H,14,17). The number of alkyl halides is 1. The fourth-order valence-corrected chi connectivity index (χ4v) is 1.89. The van der Waals surface area contributed by atoms with Crippen LogP contribution in [0.25, 0.3) is 0 Å². The van der Waals surface area contributed by atoms with E-state index >= 15 is 0 Å². The summed E-state index contributed by atoms with van der Waals surface area (Å²) in [6.45, 7) is 0.576. The smallest absolute Gasteiger partial charge is 0.251 e. The Labute approximate surface area is 114 Å². The van der Waals surface area contributed by atoms with Gasteiger partial charge in [0.05, 0.1) is 0 Å². The highest BCUT2D eigenvalue weighted by atomic mass is 79.9. The molecule has 100 valence electrons. The maximum atomic E-state index is 11.9. The minimum absolute atomic E-state index is 0.0125. The summed E-state index contributed by atoms with van der Waals surface area (Å²) in [5.74, 6) is -0.242. The fraction of sp³-hybridized carbons (Fsp3) is 0.500. The van der Waals surface area contributed by atoms with Crippen molar-refractivity contribution < 1.29 is 9.53 Å². The van der Waals surface area contributed by atoms with Gasteiger partial charge in [-0.05, 0) is 12.5 Å². The zero-order valence-corrected chi connectivity index (χ0v) is 12.1. The Kier molecular flexibility index (Phi) is 6.07. The van der Waals surface area contributed by atoms with Crippen LogP contribution in [-0.4, -0.2) is 35.6 Å². The van der Waals surface area contributed by atoms with Crippen molar-refractivity contribution in [2.75, 3.05) is 19.0 Å². The van der Waals surface area contributed by atoms with Gasteiger partial charge in [0, 0.05) is 50.0 Å². The molecule has 0 spiro atoms. The summed E-state index contributed by atoms with van der Waals surface area (Å²) in [6, 6.07) is 2.94. The molecular formula is C12H17BrN2O3. The van der Waals surface area contributed by atoms with E-state index in [1.54, 1.807) is 26.4 Å². The molecule has 0 radical (unpaired) electrons. The van der Waals surface area contributed by atoms with Gasteiger partial charge < -0.3 is 14.6 Å². The molecule has 1 rings (SSSR count). The van der Waals surface area contributed by atoms with Gasteiger partial charge in [0.1, 0.15) is 0 Å². The molecule has 0 aliphatic carbocycles. The molecule has 0 aromatic carbocycles. The third-order valence-electron chi connectivity index (χ3n) is 2.56. The second kappa shape index (κ2) is 7.33. The maximum Gasteiger partial charge on any atom is 0.251 e. The van der Waals surface area contributed by atoms with Gasteiger partial charge >= 0.3 is 0 Å². The molecule has 0 saturated heterocycles. The van der Waals surface area contributed by atoms with Crippen LogP contribution in [0.5, 0.6) is 0 Å². The van der Waals surface area contributed by atoms with Gasteiger partial charge in [-0.25, -0.2) is 0 Å². The van der Waals surface area contributed by atoms with Crippen LogP contribution in [0.2, 0.25) is 0 Å². The van der Waals surface area contributed by atoms with Gasteiger partial charge in [0.2, 0.25) is 0 Å². The Morgan fingerprint density at radius 3 is 2.89 bits per heavy atom. The number of methoxy groups -OCH3 is 1. The molecule has 6 heteroatoms. The van der Waals surface area contributed by atoms with Crippen LogP contribution in [0.1, 0.15) is 16.8 Å². The number of aryl methyl sites for hydroxylation is 1. The van der Waals surface area contributed by atoms with Crippen molar-refractivity contribution >= 4 is 21.8 Å². The van der Waals surface area contributed by atoms with E-state index in [1.807, 2.05) is 0 Å². The van der Waals surface area contributed by atoms with Crippen molar-refractivity contribution in [3.63, 3.8) is 0 Å². The van der Waals surface area contributed by atoms with Crippen LogP contribution in [0.3, 0.4) is 0 Å². The van der Waals surface area contributed by atoms with Crippen molar-refractivity contribution in [3.05, 3.63) is 34.2 Å². The van der Waals surface area contributed by atoms with Crippen LogP contribution in [0, 0.1) is 0 Å². The Balaban J connectivity index is 2.68. The van der Waals surface area contributed by atoms with E-state index in [1.165, 1.54) is 10.6 Å². The van der Waals surface area contributed by atoms with Crippen molar-refractivity contribution in [1.29, 1.82) is 0 Å². The zero-order chi connectivity index (χ0) is 13.5. The average molecular weight is 317 g/mol. The van der Waals surface area contributed by atoms with Crippen LogP contribution in [0.4, 0.5) is 0 Å². The molecule has 5 nitrogen and oxygen atoms in total. The van der Waals surface area contributed by atoms with Gasteiger partial charge in [0.25, 0.3) is 11.5 Å². The number of nitrogens with zero attached hydrogens (tertiary/aromatic N) is 1. The molecule has 1 aromatic rings. The topological polar surface area (TPSA) is 60.3 Å². The molecule has 0 fully saturated rings. The lowest BCUT2D eigenvalue weighted by Gasteiger charge is -2.15. The normalized spacial score (nSPS) is 12.2. The number of nitrogens with one attached hydrogen (secondary N) is 1. The molecule has 18 heavy (non-hydrogen) atoms. The molecule has 1 unspecified atom stereocenters. The number of carbonyl (C=O) groups is 1. The first-order valence-electron chi connectivity index (χ1n) is 5.61. The van der Waals surface area contributed by atoms with Crippen LogP contribution >= 0.6 is 15.9 Å². The largest absolute Gasteiger partial charge is 0.385 e. The number of pyridine rings is 1. The van der Waals surface area contributed by atoms with Gasteiger partial charge in [0.15, 0.2) is 0 Å². The monoisotopic (exact) mass is 316 g/mol. The first kappa shape index (κ1) is 14.9. The first-order valence-corrected chi connectivity index (χ1v) is 6.73. The van der Waals surface area contributed by atoms with E-state index in [0.29, 0.717) is 17.5 Å². The zero-order valence-electron chi connectivity index (χ0n) is 10.5. The lowest BCUT2D eigenvalue weighted by atomic mass is 10.2. The molecule has 0 aliphatic rings. The summed E-state index contributed by atoms with van der Waals surface area (Å²) >= 11 is 3.34. The highest BCUT2D eigenvalue weighted by Gasteiger charge is 2.13. The van der Waals surface area contributed by atoms with Crippen LogP contribution in [0.15, 0.2) is 23.1 Å². The Bertz CT molecular complexity index is 459. The molecule has 1 aromatic heterocycles. The third-order valence-corrected chi connectivity index (χ3v) is 3.34. The number of aromatic nitrogens is 1. The average Bonchev–Trinajstić information content (AvgIpc) is 2.37. The second-order valence-corrected chi connectivity index (χ2v) is 4.62. The Hall–Kier alpha value is -1.14. The van der Waals surface area contributed by atoms with E-state index in [0.717, 1.165) is 6.42 Å². The van der Waals surface area contributed by atoms with Gasteiger partial charge in [-0.1, -0.05) is 15.9 Å². The van der Waals surface area contributed by atoms with Gasteiger partial charge in [-0.15, -0.1) is 0 Å². The number of hydrogen-bond donors (Lipinski definition) is 1. The lowest BCUT2D eigenvalue weighted by Crippen LogP contribution is -2.37. The van der Waals surface area contributed by atoms with Crippen molar-refractivity contribution in [3.8, 4) is 0 Å². The number of halogens is 1. The summed E-state index contributed by atoms with van der Waals surface area (Å²) in [5, 5.41) is 3.50. The predicted octanol–water partition coefficient (Wildman–Crippen LogP) is 0.915. The van der Waals surface area contributed by atoms with Gasteiger partial charge in [-0.3, -0.25) is 9.59 Å². The maximum absolute atomic E-state index is 11.9. The summed E-state index contributed by atoms with van der Waals surface area (Å²) in [7, 11) is 3.26. The molecule has 1 N–H and O–H groups in total. The SMILES string of the molecule is COCCC(CBr)NC(=O)c1ccn(C)c(=O)c1. The molecule has 1 atom stereocenters. The molecule has 0 saturated carbocycles. The third kappa shape index (κ3) is 4.27. The van der Waals surface area contributed by atoms with Crippen molar-refractivity contribution in [1.82, 2.24) is 9.88 Å². The summed E-state index contributed by atoms with van der Waals surface area (Å²) < 4.78 is 6.39. The quantitative estimate of drug-likeness (QED) is 0.794. The Morgan fingerprint density at radius 2 is 2.33 bits per heavy atom. The fourth-order valence-electron chi connectivity index (χ4n) is 1.41. The number of ether oxygens (including phenoxy) is 1. The second-order valence-electron chi connectivity index (χ2n) is 3.97. The highest BCUT2D eigenvalue weighted by molar-refractivity contribution is 9.09. The minimum atomic E-state index is -0.242. The number of carbonyl (C=O) groups excluding carboxylic acids is 1. The molecule has 0 aliphatic heterocycles. The van der Waals surface area contributed by atoms with Gasteiger partial charge in [-0.2, -0.15) is 0 Å². The summed E-state index contributed by atoms with van der Waals surface area (Å²) in [4.78, 5) is 23.3. The van der Waals surface area contributed by atoms with Crippen molar-refractivity contribution in [2.45, 2.75) is 12.5 Å². The van der Waals surface area contributed by atoms with E-state index in [4.69, 9.17) is 4.74 Å². The number of amides is 1. The van der Waals surface area contributed by atoms with E-state index in [9.17, 15) is 9.59 Å². The Morgan fingerprint density at radius 1 is 1.61 bits per heavy atom. The molecule has 1 heterocycles. The van der Waals surface area contributed by atoms with Crippen LogP contribution < -0.4 is 10.9 Å². The molecule has 1 amide bonds. The summed E-state index contributed by atoms with van der Waals surface area (Å²) in [5.41, 5.74) is 0.177. The highest BCUT2D eigenvalue weighted by Crippen LogP contribution is 2.01. The van der Waals surface area contributed by atoms with Crippen LogP contribution in [-0.2, 0) is 11.8 Å². The summed E-state index contributed by atoms with van der Waals surface area (Å²) in [6.07, 6.45) is 2.30. The number of hydrogen-bond acceptors (Lipinski definition) is 3. The van der Waals surface area contributed by atoms with E-state index in [-0.39, 0.29) is 17.5 Å². The first-order chi connectivity index (χ1) is 8.58. The van der Waals surface area contributed by atoms with E-state index < -0.39 is 0 Å². The van der Waals surface area contributed by atoms with Crippen molar-refractivity contribution in [2.24, 2.45) is 7.05 Å². The predicted molar refractivity (Wildman–Crippen MR) is 73.2 cm³/mol. The number of rotatable bonds is 6. The molecule has 0 bridgehead atoms. The van der Waals surface area contributed by atoms with E-state index in [2.05, 4.69) is 21.2 Å². The lowest BCUT2D eigenvalue weighted by molar-refractivity contribution is 0.0930. The minimum Gasteiger partial charge on any atom is -0.385 e. The molecular weight excluding hydrogens is 300 g/mol.